The summed E-state index contributed by atoms with van der Waals surface area (Å²) < 4.78 is 12.0. The van der Waals surface area contributed by atoms with E-state index in [1.54, 1.807) is 0 Å². The second-order valence-corrected chi connectivity index (χ2v) is 8.95. The predicted molar refractivity (Wildman–Crippen MR) is 143 cm³/mol. The van der Waals surface area contributed by atoms with Crippen molar-refractivity contribution >= 4 is 29.9 Å². The van der Waals surface area contributed by atoms with Gasteiger partial charge in [-0.15, -0.1) is 24.0 Å². The first-order valence-corrected chi connectivity index (χ1v) is 12.2. The molecule has 1 N–H and O–H groups in total. The number of likely N-dealkylation sites (tertiary alicyclic amines) is 1. The van der Waals surface area contributed by atoms with Crippen LogP contribution in [0.5, 0.6) is 0 Å². The molecule has 2 aliphatic rings. The molecule has 6 nitrogen and oxygen atoms in total. The zero-order chi connectivity index (χ0) is 21.9. The molecule has 32 heavy (non-hydrogen) atoms. The molecule has 2 unspecified atom stereocenters. The summed E-state index contributed by atoms with van der Waals surface area (Å²) in [5.74, 6) is 1.04. The van der Waals surface area contributed by atoms with E-state index in [1.807, 2.05) is 0 Å². The fourth-order valence-corrected chi connectivity index (χ4v) is 4.23. The third-order valence-electron chi connectivity index (χ3n) is 6.40. The van der Waals surface area contributed by atoms with E-state index < -0.39 is 0 Å². The summed E-state index contributed by atoms with van der Waals surface area (Å²) in [4.78, 5) is 9.74. The predicted octanol–water partition coefficient (Wildman–Crippen LogP) is 4.14. The molecule has 0 saturated carbocycles. The van der Waals surface area contributed by atoms with Crippen molar-refractivity contribution in [2.45, 2.75) is 70.7 Å². The molecule has 2 atom stereocenters. The second-order valence-electron chi connectivity index (χ2n) is 8.95. The van der Waals surface area contributed by atoms with Gasteiger partial charge >= 0.3 is 0 Å². The van der Waals surface area contributed by atoms with Gasteiger partial charge in [-0.1, -0.05) is 30.3 Å². The molecule has 1 aromatic rings. The second kappa shape index (κ2) is 15.1. The van der Waals surface area contributed by atoms with Gasteiger partial charge in [0.05, 0.1) is 25.4 Å². The van der Waals surface area contributed by atoms with Crippen LogP contribution < -0.4 is 5.32 Å². The summed E-state index contributed by atoms with van der Waals surface area (Å²) in [5.41, 5.74) is 1.34. The highest BCUT2D eigenvalue weighted by molar-refractivity contribution is 14.0. The van der Waals surface area contributed by atoms with Crippen molar-refractivity contribution in [3.05, 3.63) is 35.9 Å². The van der Waals surface area contributed by atoms with E-state index >= 15 is 0 Å². The largest absolute Gasteiger partial charge is 0.376 e. The van der Waals surface area contributed by atoms with Gasteiger partial charge in [-0.3, -0.25) is 9.89 Å². The molecular weight excluding hydrogens is 515 g/mol. The maximum Gasteiger partial charge on any atom is 0.193 e. The van der Waals surface area contributed by atoms with Crippen molar-refractivity contribution in [1.82, 2.24) is 15.1 Å². The molecule has 0 amide bonds. The van der Waals surface area contributed by atoms with Crippen LogP contribution in [0, 0.1) is 0 Å². The summed E-state index contributed by atoms with van der Waals surface area (Å²) in [7, 11) is 2.18. The van der Waals surface area contributed by atoms with E-state index in [2.05, 4.69) is 66.3 Å². The Morgan fingerprint density at radius 1 is 1.22 bits per heavy atom. The monoisotopic (exact) mass is 558 g/mol. The smallest absolute Gasteiger partial charge is 0.193 e. The molecule has 0 spiro atoms. The van der Waals surface area contributed by atoms with Gasteiger partial charge in [-0.2, -0.15) is 0 Å². The van der Waals surface area contributed by atoms with Gasteiger partial charge < -0.3 is 19.7 Å². The van der Waals surface area contributed by atoms with Crippen molar-refractivity contribution in [3.63, 3.8) is 0 Å². The molecule has 2 aliphatic heterocycles. The maximum absolute atomic E-state index is 6.18. The Bertz CT molecular complexity index is 647. The van der Waals surface area contributed by atoms with Crippen LogP contribution >= 0.6 is 24.0 Å². The van der Waals surface area contributed by atoms with Gasteiger partial charge in [0.15, 0.2) is 5.96 Å². The lowest BCUT2D eigenvalue weighted by atomic mass is 10.1. The number of hydrogen-bond donors (Lipinski definition) is 1. The fraction of sp³-hybridized carbons (Fsp3) is 0.720. The Hall–Kier alpha value is -0.900. The van der Waals surface area contributed by atoms with Gasteiger partial charge in [0.2, 0.25) is 0 Å². The molecule has 0 bridgehead atoms. The fourth-order valence-electron chi connectivity index (χ4n) is 4.23. The van der Waals surface area contributed by atoms with Crippen LogP contribution in [0.4, 0.5) is 0 Å². The first-order valence-electron chi connectivity index (χ1n) is 12.2. The topological polar surface area (TPSA) is 49.3 Å². The van der Waals surface area contributed by atoms with Gasteiger partial charge in [-0.25, -0.2) is 0 Å². The van der Waals surface area contributed by atoms with E-state index in [9.17, 15) is 0 Å². The Labute approximate surface area is 212 Å². The van der Waals surface area contributed by atoms with Crippen molar-refractivity contribution in [1.29, 1.82) is 0 Å². The standard InChI is InChI=1S/C25H42N4O2.HI/c1-4-26-25(27-18-21(2)28(3)19-22-10-6-5-7-11-22)29-15-13-23(14-16-29)31-20-24-12-8-9-17-30-24;/h5-7,10-11,21,23-24H,4,8-9,12-20H2,1-3H3,(H,26,27);1H. The minimum absolute atomic E-state index is 0. The van der Waals surface area contributed by atoms with Crippen LogP contribution in [-0.2, 0) is 16.0 Å². The zero-order valence-electron chi connectivity index (χ0n) is 20.2. The maximum atomic E-state index is 6.18. The minimum Gasteiger partial charge on any atom is -0.376 e. The van der Waals surface area contributed by atoms with Crippen molar-refractivity contribution in [2.75, 3.05) is 46.4 Å². The number of likely N-dealkylation sites (N-methyl/N-ethyl adjacent to an activating group) is 1. The Kier molecular flexibility index (Phi) is 12.9. The van der Waals surface area contributed by atoms with Gasteiger partial charge in [-0.05, 0) is 58.6 Å². The number of benzene rings is 1. The summed E-state index contributed by atoms with van der Waals surface area (Å²) in [5, 5.41) is 3.49. The van der Waals surface area contributed by atoms with E-state index in [4.69, 9.17) is 14.5 Å². The van der Waals surface area contributed by atoms with Crippen molar-refractivity contribution in [2.24, 2.45) is 4.99 Å². The zero-order valence-corrected chi connectivity index (χ0v) is 22.5. The quantitative estimate of drug-likeness (QED) is 0.281. The first kappa shape index (κ1) is 27.3. The SMILES string of the molecule is CCNC(=NCC(C)N(C)Cc1ccccc1)N1CCC(OCC2CCCCO2)CC1.I. The van der Waals surface area contributed by atoms with Crippen LogP contribution in [0.15, 0.2) is 35.3 Å². The molecule has 0 aliphatic carbocycles. The molecule has 1 aromatic carbocycles. The number of piperidine rings is 1. The molecule has 182 valence electrons. The molecule has 2 heterocycles. The van der Waals surface area contributed by atoms with E-state index in [0.717, 1.165) is 71.2 Å². The molecule has 0 aromatic heterocycles. The number of guanidine groups is 1. The number of nitrogens with zero attached hydrogens (tertiary/aromatic N) is 3. The lowest BCUT2D eigenvalue weighted by molar-refractivity contribution is -0.0721. The van der Waals surface area contributed by atoms with Crippen molar-refractivity contribution < 1.29 is 9.47 Å². The number of hydrogen-bond acceptors (Lipinski definition) is 4. The lowest BCUT2D eigenvalue weighted by Crippen LogP contribution is -2.47. The molecule has 7 heteroatoms. The lowest BCUT2D eigenvalue weighted by Gasteiger charge is -2.35. The highest BCUT2D eigenvalue weighted by atomic mass is 127. The van der Waals surface area contributed by atoms with Gasteiger partial charge in [0.1, 0.15) is 0 Å². The van der Waals surface area contributed by atoms with E-state index in [-0.39, 0.29) is 24.0 Å². The summed E-state index contributed by atoms with van der Waals surface area (Å²) in [6, 6.07) is 11.0. The Morgan fingerprint density at radius 3 is 2.62 bits per heavy atom. The summed E-state index contributed by atoms with van der Waals surface area (Å²) in [6.07, 6.45) is 6.38. The van der Waals surface area contributed by atoms with Crippen LogP contribution in [0.1, 0.15) is 51.5 Å². The van der Waals surface area contributed by atoms with Crippen LogP contribution in [0.3, 0.4) is 0 Å². The normalized spacial score (nSPS) is 21.3. The van der Waals surface area contributed by atoms with Crippen molar-refractivity contribution in [3.8, 4) is 0 Å². The third kappa shape index (κ3) is 9.15. The van der Waals surface area contributed by atoms with E-state index in [1.165, 1.54) is 18.4 Å². The molecular formula is C25H43IN4O2. The third-order valence-corrected chi connectivity index (χ3v) is 6.40. The molecule has 2 fully saturated rings. The average Bonchev–Trinajstić information content (AvgIpc) is 2.82. The Balaban J connectivity index is 0.00000363. The minimum atomic E-state index is 0. The highest BCUT2D eigenvalue weighted by Crippen LogP contribution is 2.18. The number of aliphatic imine (C=N–C) groups is 1. The highest BCUT2D eigenvalue weighted by Gasteiger charge is 2.24. The summed E-state index contributed by atoms with van der Waals surface area (Å²) >= 11 is 0. The van der Waals surface area contributed by atoms with Crippen LogP contribution in [-0.4, -0.2) is 80.4 Å². The summed E-state index contributed by atoms with van der Waals surface area (Å²) in [6.45, 7) is 10.7. The van der Waals surface area contributed by atoms with Crippen LogP contribution in [0.25, 0.3) is 0 Å². The number of ether oxygens (including phenoxy) is 2. The first-order chi connectivity index (χ1) is 15.2. The van der Waals surface area contributed by atoms with Gasteiger partial charge in [0.25, 0.3) is 0 Å². The van der Waals surface area contributed by atoms with Crippen LogP contribution in [0.2, 0.25) is 0 Å². The Morgan fingerprint density at radius 2 is 1.97 bits per heavy atom. The number of rotatable bonds is 9. The average molecular weight is 559 g/mol. The van der Waals surface area contributed by atoms with Gasteiger partial charge in [0, 0.05) is 38.8 Å². The molecule has 0 radical (unpaired) electrons. The molecule has 2 saturated heterocycles. The van der Waals surface area contributed by atoms with E-state index in [0.29, 0.717) is 18.2 Å². The number of halogens is 1. The molecule has 3 rings (SSSR count). The number of nitrogens with one attached hydrogen (secondary N) is 1.